The van der Waals surface area contributed by atoms with E-state index in [-0.39, 0.29) is 6.42 Å². The first-order chi connectivity index (χ1) is 10.2. The van der Waals surface area contributed by atoms with E-state index in [1.54, 1.807) is 0 Å². The fourth-order valence-corrected chi connectivity index (χ4v) is 2.43. The van der Waals surface area contributed by atoms with Crippen molar-refractivity contribution < 1.29 is 9.90 Å². The Bertz CT molecular complexity index is 581. The molecule has 0 fully saturated rings. The Morgan fingerprint density at radius 2 is 1.62 bits per heavy atom. The molecule has 0 aromatic heterocycles. The van der Waals surface area contributed by atoms with Crippen molar-refractivity contribution >= 4 is 11.7 Å². The van der Waals surface area contributed by atoms with E-state index in [0.29, 0.717) is 6.54 Å². The fourth-order valence-electron chi connectivity index (χ4n) is 2.43. The number of hydrogen-bond donors (Lipinski definition) is 1. The molecule has 2 aromatic carbocycles. The number of rotatable bonds is 7. The zero-order valence-electron chi connectivity index (χ0n) is 12.3. The van der Waals surface area contributed by atoms with Gasteiger partial charge in [-0.25, -0.2) is 0 Å². The third-order valence-electron chi connectivity index (χ3n) is 3.58. The number of nitrogens with zero attached hydrogens (tertiary/aromatic N) is 1. The predicted octanol–water partition coefficient (Wildman–Crippen LogP) is 3.73. The smallest absolute Gasteiger partial charge is 0.305 e. The van der Waals surface area contributed by atoms with Crippen molar-refractivity contribution in [3.8, 4) is 0 Å². The second-order valence-corrected chi connectivity index (χ2v) is 5.02. The van der Waals surface area contributed by atoms with Crippen molar-refractivity contribution in [2.45, 2.75) is 26.3 Å². The molecule has 110 valence electrons. The Kier molecular flexibility index (Phi) is 5.38. The second kappa shape index (κ2) is 7.48. The summed E-state index contributed by atoms with van der Waals surface area (Å²) in [6.07, 6.45) is 1.13. The molecule has 0 unspecified atom stereocenters. The predicted molar refractivity (Wildman–Crippen MR) is 85.6 cm³/mol. The van der Waals surface area contributed by atoms with Crippen molar-refractivity contribution in [2.75, 3.05) is 11.4 Å². The van der Waals surface area contributed by atoms with Crippen LogP contribution < -0.4 is 4.90 Å². The van der Waals surface area contributed by atoms with E-state index in [0.717, 1.165) is 18.7 Å². The Morgan fingerprint density at radius 3 is 2.24 bits per heavy atom. The number of aryl methyl sites for hydroxylation is 1. The Hall–Kier alpha value is -2.29. The van der Waals surface area contributed by atoms with Gasteiger partial charge in [0, 0.05) is 18.8 Å². The standard InChI is InChI=1S/C18H21NO2/c1-2-15-8-6-7-9-16(15)14-19(13-12-18(20)21)17-10-4-3-5-11-17/h3-11H,2,12-14H2,1H3,(H,20,21). The molecule has 0 bridgehead atoms. The van der Waals surface area contributed by atoms with Gasteiger partial charge in [0.15, 0.2) is 0 Å². The molecule has 0 aliphatic heterocycles. The van der Waals surface area contributed by atoms with Gasteiger partial charge in [0.25, 0.3) is 0 Å². The lowest BCUT2D eigenvalue weighted by Crippen LogP contribution is -2.26. The zero-order chi connectivity index (χ0) is 15.1. The summed E-state index contributed by atoms with van der Waals surface area (Å²) in [5.41, 5.74) is 3.63. The van der Waals surface area contributed by atoms with Crippen LogP contribution in [-0.4, -0.2) is 17.6 Å². The lowest BCUT2D eigenvalue weighted by molar-refractivity contribution is -0.136. The first-order valence-corrected chi connectivity index (χ1v) is 7.29. The molecule has 3 nitrogen and oxygen atoms in total. The quantitative estimate of drug-likeness (QED) is 0.841. The van der Waals surface area contributed by atoms with Crippen LogP contribution in [0.5, 0.6) is 0 Å². The number of carboxylic acid groups (broad SMARTS) is 1. The van der Waals surface area contributed by atoms with E-state index in [1.165, 1.54) is 11.1 Å². The van der Waals surface area contributed by atoms with Gasteiger partial charge in [0.05, 0.1) is 6.42 Å². The number of aliphatic carboxylic acids is 1. The maximum Gasteiger partial charge on any atom is 0.305 e. The lowest BCUT2D eigenvalue weighted by atomic mass is 10.0. The molecule has 0 spiro atoms. The molecule has 0 radical (unpaired) electrons. The average molecular weight is 283 g/mol. The first-order valence-electron chi connectivity index (χ1n) is 7.29. The van der Waals surface area contributed by atoms with Crippen molar-refractivity contribution in [3.05, 3.63) is 65.7 Å². The third-order valence-corrected chi connectivity index (χ3v) is 3.58. The summed E-state index contributed by atoms with van der Waals surface area (Å²) in [6.45, 7) is 3.39. The van der Waals surface area contributed by atoms with Gasteiger partial charge in [-0.2, -0.15) is 0 Å². The molecule has 3 heteroatoms. The number of carbonyl (C=O) groups is 1. The maximum atomic E-state index is 10.9. The van der Waals surface area contributed by atoms with E-state index >= 15 is 0 Å². The summed E-state index contributed by atoms with van der Waals surface area (Å²) in [7, 11) is 0. The van der Waals surface area contributed by atoms with E-state index < -0.39 is 5.97 Å². The van der Waals surface area contributed by atoms with Gasteiger partial charge in [-0.1, -0.05) is 49.4 Å². The van der Waals surface area contributed by atoms with Gasteiger partial charge >= 0.3 is 5.97 Å². The molecule has 2 rings (SSSR count). The zero-order valence-corrected chi connectivity index (χ0v) is 12.3. The summed E-state index contributed by atoms with van der Waals surface area (Å²) in [5, 5.41) is 8.95. The number of carboxylic acids is 1. The molecule has 0 aliphatic rings. The Labute approximate surface area is 125 Å². The van der Waals surface area contributed by atoms with Crippen LogP contribution >= 0.6 is 0 Å². The highest BCUT2D eigenvalue weighted by Gasteiger charge is 2.11. The summed E-state index contributed by atoms with van der Waals surface area (Å²) < 4.78 is 0. The molecular weight excluding hydrogens is 262 g/mol. The van der Waals surface area contributed by atoms with Gasteiger partial charge in [0.2, 0.25) is 0 Å². The highest BCUT2D eigenvalue weighted by molar-refractivity contribution is 5.67. The van der Waals surface area contributed by atoms with Crippen molar-refractivity contribution in [2.24, 2.45) is 0 Å². The van der Waals surface area contributed by atoms with Crippen LogP contribution in [0.4, 0.5) is 5.69 Å². The Balaban J connectivity index is 2.21. The highest BCUT2D eigenvalue weighted by Crippen LogP contribution is 2.19. The highest BCUT2D eigenvalue weighted by atomic mass is 16.4. The van der Waals surface area contributed by atoms with Crippen LogP contribution in [0.25, 0.3) is 0 Å². The average Bonchev–Trinajstić information content (AvgIpc) is 2.52. The molecule has 0 heterocycles. The molecule has 2 aromatic rings. The van der Waals surface area contributed by atoms with E-state index in [4.69, 9.17) is 5.11 Å². The Morgan fingerprint density at radius 1 is 1.00 bits per heavy atom. The monoisotopic (exact) mass is 283 g/mol. The van der Waals surface area contributed by atoms with Gasteiger partial charge in [-0.15, -0.1) is 0 Å². The van der Waals surface area contributed by atoms with Crippen LogP contribution in [0.1, 0.15) is 24.5 Å². The summed E-state index contributed by atoms with van der Waals surface area (Å²) >= 11 is 0. The topological polar surface area (TPSA) is 40.5 Å². The third kappa shape index (κ3) is 4.35. The fraction of sp³-hybridized carbons (Fsp3) is 0.278. The van der Waals surface area contributed by atoms with Crippen molar-refractivity contribution in [1.82, 2.24) is 0 Å². The summed E-state index contributed by atoms with van der Waals surface area (Å²) in [6, 6.07) is 18.3. The van der Waals surface area contributed by atoms with Crippen molar-refractivity contribution in [3.63, 3.8) is 0 Å². The number of benzene rings is 2. The molecule has 1 N–H and O–H groups in total. The molecular formula is C18H21NO2. The van der Waals surface area contributed by atoms with Crippen LogP contribution in [0.3, 0.4) is 0 Å². The van der Waals surface area contributed by atoms with Crippen LogP contribution in [-0.2, 0) is 17.8 Å². The maximum absolute atomic E-state index is 10.9. The minimum Gasteiger partial charge on any atom is -0.481 e. The van der Waals surface area contributed by atoms with Gasteiger partial charge < -0.3 is 10.0 Å². The minimum absolute atomic E-state index is 0.142. The summed E-state index contributed by atoms with van der Waals surface area (Å²) in [5.74, 6) is -0.764. The minimum atomic E-state index is -0.764. The van der Waals surface area contributed by atoms with Crippen LogP contribution in [0.15, 0.2) is 54.6 Å². The van der Waals surface area contributed by atoms with Crippen molar-refractivity contribution in [1.29, 1.82) is 0 Å². The van der Waals surface area contributed by atoms with E-state index in [2.05, 4.69) is 24.0 Å². The summed E-state index contributed by atoms with van der Waals surface area (Å²) in [4.78, 5) is 13.0. The molecule has 0 aliphatic carbocycles. The van der Waals surface area contributed by atoms with Crippen LogP contribution in [0, 0.1) is 0 Å². The van der Waals surface area contributed by atoms with E-state index in [9.17, 15) is 4.79 Å². The first kappa shape index (κ1) is 15.1. The van der Waals surface area contributed by atoms with E-state index in [1.807, 2.05) is 42.5 Å². The van der Waals surface area contributed by atoms with Gasteiger partial charge in [-0.05, 0) is 29.7 Å². The molecule has 0 saturated heterocycles. The number of anilines is 1. The normalized spacial score (nSPS) is 10.3. The SMILES string of the molecule is CCc1ccccc1CN(CCC(=O)O)c1ccccc1. The molecule has 0 amide bonds. The molecule has 21 heavy (non-hydrogen) atoms. The van der Waals surface area contributed by atoms with Crippen LogP contribution in [0.2, 0.25) is 0 Å². The number of hydrogen-bond acceptors (Lipinski definition) is 2. The largest absolute Gasteiger partial charge is 0.481 e. The molecule has 0 saturated carbocycles. The van der Waals surface area contributed by atoms with Gasteiger partial charge in [0.1, 0.15) is 0 Å². The van der Waals surface area contributed by atoms with Gasteiger partial charge in [-0.3, -0.25) is 4.79 Å². The number of para-hydroxylation sites is 1. The lowest BCUT2D eigenvalue weighted by Gasteiger charge is -2.25. The molecule has 0 atom stereocenters. The second-order valence-electron chi connectivity index (χ2n) is 5.02.